The Hall–Kier alpha value is -0.650. The lowest BCUT2D eigenvalue weighted by atomic mass is 10.5. The molecule has 4 nitrogen and oxygen atoms in total. The van der Waals surface area contributed by atoms with Crippen LogP contribution in [0.1, 0.15) is 11.8 Å². The number of ether oxygens (including phenoxy) is 1. The summed E-state index contributed by atoms with van der Waals surface area (Å²) in [6.45, 7) is 5.62. The van der Waals surface area contributed by atoms with Gasteiger partial charge < -0.3 is 15.0 Å². The molecule has 0 aliphatic rings. The normalized spacial score (nSPS) is 10.6. The first-order valence-corrected chi connectivity index (χ1v) is 5.95. The second-order valence-electron chi connectivity index (χ2n) is 3.30. The zero-order valence-electron chi connectivity index (χ0n) is 9.62. The van der Waals surface area contributed by atoms with Crippen LogP contribution in [0.2, 0.25) is 0 Å². The summed E-state index contributed by atoms with van der Waals surface area (Å²) in [6, 6.07) is 0. The molecule has 0 bridgehead atoms. The third-order valence-electron chi connectivity index (χ3n) is 2.05. The summed E-state index contributed by atoms with van der Waals surface area (Å²) >= 11 is 1.73. The van der Waals surface area contributed by atoms with Crippen molar-refractivity contribution in [1.82, 2.24) is 10.3 Å². The minimum Gasteiger partial charge on any atom is -0.383 e. The second kappa shape index (κ2) is 6.76. The van der Waals surface area contributed by atoms with Gasteiger partial charge >= 0.3 is 0 Å². The standard InChI is InChI=1S/C10H19N3OS/c1-4-11-7-9-8-12-10(15-9)13(2)5-6-14-3/h8,11H,4-7H2,1-3H3. The fraction of sp³-hybridized carbons (Fsp3) is 0.700. The van der Waals surface area contributed by atoms with Gasteiger partial charge in [0.1, 0.15) is 0 Å². The number of hydrogen-bond donors (Lipinski definition) is 1. The zero-order valence-corrected chi connectivity index (χ0v) is 10.4. The minimum atomic E-state index is 0.735. The molecule has 0 amide bonds. The molecule has 1 aromatic heterocycles. The van der Waals surface area contributed by atoms with Gasteiger partial charge in [0.2, 0.25) is 0 Å². The summed E-state index contributed by atoms with van der Waals surface area (Å²) in [6.07, 6.45) is 1.94. The molecule has 0 saturated heterocycles. The van der Waals surface area contributed by atoms with Crippen molar-refractivity contribution >= 4 is 16.5 Å². The molecular weight excluding hydrogens is 210 g/mol. The van der Waals surface area contributed by atoms with Gasteiger partial charge in [0.05, 0.1) is 6.61 Å². The lowest BCUT2D eigenvalue weighted by molar-refractivity contribution is 0.206. The SMILES string of the molecule is CCNCc1cnc(N(C)CCOC)s1. The van der Waals surface area contributed by atoms with Crippen molar-refractivity contribution in [2.24, 2.45) is 0 Å². The number of nitrogens with zero attached hydrogens (tertiary/aromatic N) is 2. The Bertz CT molecular complexity index is 277. The highest BCUT2D eigenvalue weighted by atomic mass is 32.1. The van der Waals surface area contributed by atoms with E-state index in [0.717, 1.165) is 31.4 Å². The monoisotopic (exact) mass is 229 g/mol. The average Bonchev–Trinajstić information content (AvgIpc) is 2.71. The highest BCUT2D eigenvalue weighted by molar-refractivity contribution is 7.15. The molecule has 1 N–H and O–H groups in total. The lowest BCUT2D eigenvalue weighted by Crippen LogP contribution is -2.21. The van der Waals surface area contributed by atoms with E-state index in [1.807, 2.05) is 13.2 Å². The summed E-state index contributed by atoms with van der Waals surface area (Å²) in [5.41, 5.74) is 0. The van der Waals surface area contributed by atoms with E-state index in [2.05, 4.69) is 22.1 Å². The molecule has 1 rings (SSSR count). The van der Waals surface area contributed by atoms with Gasteiger partial charge in [0.25, 0.3) is 0 Å². The molecule has 1 heterocycles. The van der Waals surface area contributed by atoms with Gasteiger partial charge in [-0.05, 0) is 6.54 Å². The van der Waals surface area contributed by atoms with Crippen LogP contribution in [0.5, 0.6) is 0 Å². The number of likely N-dealkylation sites (N-methyl/N-ethyl adjacent to an activating group) is 1. The molecule has 0 aliphatic carbocycles. The van der Waals surface area contributed by atoms with Crippen LogP contribution in [0.25, 0.3) is 0 Å². The van der Waals surface area contributed by atoms with E-state index in [1.54, 1.807) is 18.4 Å². The number of anilines is 1. The second-order valence-corrected chi connectivity index (χ2v) is 4.40. The number of nitrogens with one attached hydrogen (secondary N) is 1. The average molecular weight is 229 g/mol. The third-order valence-corrected chi connectivity index (χ3v) is 3.16. The topological polar surface area (TPSA) is 37.4 Å². The van der Waals surface area contributed by atoms with Crippen molar-refractivity contribution in [1.29, 1.82) is 0 Å². The Morgan fingerprint density at radius 2 is 2.40 bits per heavy atom. The maximum absolute atomic E-state index is 5.03. The molecular formula is C10H19N3OS. The van der Waals surface area contributed by atoms with Crippen molar-refractivity contribution in [3.63, 3.8) is 0 Å². The largest absolute Gasteiger partial charge is 0.383 e. The number of hydrogen-bond acceptors (Lipinski definition) is 5. The van der Waals surface area contributed by atoms with Crippen LogP contribution in [-0.2, 0) is 11.3 Å². The summed E-state index contributed by atoms with van der Waals surface area (Å²) < 4.78 is 5.03. The first kappa shape index (κ1) is 12.4. The molecule has 0 aromatic carbocycles. The first-order chi connectivity index (χ1) is 7.27. The van der Waals surface area contributed by atoms with Gasteiger partial charge in [-0.15, -0.1) is 11.3 Å². The predicted octanol–water partition coefficient (Wildman–Crippen LogP) is 1.34. The van der Waals surface area contributed by atoms with Crippen molar-refractivity contribution in [2.45, 2.75) is 13.5 Å². The highest BCUT2D eigenvalue weighted by Gasteiger charge is 2.05. The number of aromatic nitrogens is 1. The molecule has 5 heteroatoms. The summed E-state index contributed by atoms with van der Waals surface area (Å²) in [7, 11) is 3.75. The number of rotatable bonds is 7. The van der Waals surface area contributed by atoms with Crippen molar-refractivity contribution in [2.75, 3.05) is 38.8 Å². The lowest BCUT2D eigenvalue weighted by Gasteiger charge is -2.14. The van der Waals surface area contributed by atoms with E-state index in [4.69, 9.17) is 4.74 Å². The van der Waals surface area contributed by atoms with E-state index in [0.29, 0.717) is 0 Å². The predicted molar refractivity (Wildman–Crippen MR) is 64.6 cm³/mol. The van der Waals surface area contributed by atoms with Gasteiger partial charge in [-0.2, -0.15) is 0 Å². The fourth-order valence-electron chi connectivity index (χ4n) is 1.13. The Labute approximate surface area is 95.3 Å². The Kier molecular flexibility index (Phi) is 5.60. The first-order valence-electron chi connectivity index (χ1n) is 5.13. The van der Waals surface area contributed by atoms with Crippen molar-refractivity contribution in [3.05, 3.63) is 11.1 Å². The van der Waals surface area contributed by atoms with Crippen LogP contribution in [0, 0.1) is 0 Å². The van der Waals surface area contributed by atoms with Gasteiger partial charge in [-0.1, -0.05) is 6.92 Å². The molecule has 86 valence electrons. The van der Waals surface area contributed by atoms with E-state index in [9.17, 15) is 0 Å². The number of thiazole rings is 1. The van der Waals surface area contributed by atoms with Crippen LogP contribution >= 0.6 is 11.3 Å². The van der Waals surface area contributed by atoms with E-state index < -0.39 is 0 Å². The molecule has 0 atom stereocenters. The molecule has 1 aromatic rings. The van der Waals surface area contributed by atoms with Crippen molar-refractivity contribution in [3.8, 4) is 0 Å². The Morgan fingerprint density at radius 3 is 3.07 bits per heavy atom. The third kappa shape index (κ3) is 4.15. The molecule has 0 fully saturated rings. The van der Waals surface area contributed by atoms with Gasteiger partial charge in [0, 0.05) is 38.3 Å². The molecule has 0 saturated carbocycles. The maximum atomic E-state index is 5.03. The van der Waals surface area contributed by atoms with Gasteiger partial charge in [-0.3, -0.25) is 0 Å². The fourth-order valence-corrected chi connectivity index (χ4v) is 1.99. The van der Waals surface area contributed by atoms with E-state index in [1.165, 1.54) is 4.88 Å². The highest BCUT2D eigenvalue weighted by Crippen LogP contribution is 2.20. The molecule has 0 spiro atoms. The summed E-state index contributed by atoms with van der Waals surface area (Å²) in [5, 5.41) is 4.34. The molecule has 0 aliphatic heterocycles. The van der Waals surface area contributed by atoms with Crippen LogP contribution in [0.15, 0.2) is 6.20 Å². The van der Waals surface area contributed by atoms with Crippen LogP contribution in [0.3, 0.4) is 0 Å². The van der Waals surface area contributed by atoms with E-state index >= 15 is 0 Å². The van der Waals surface area contributed by atoms with Crippen LogP contribution < -0.4 is 10.2 Å². The van der Waals surface area contributed by atoms with Crippen molar-refractivity contribution < 1.29 is 4.74 Å². The Balaban J connectivity index is 2.43. The minimum absolute atomic E-state index is 0.735. The summed E-state index contributed by atoms with van der Waals surface area (Å²) in [4.78, 5) is 7.76. The van der Waals surface area contributed by atoms with Crippen LogP contribution in [-0.4, -0.2) is 38.8 Å². The van der Waals surface area contributed by atoms with Gasteiger partial charge in [0.15, 0.2) is 5.13 Å². The summed E-state index contributed by atoms with van der Waals surface area (Å²) in [5.74, 6) is 0. The molecule has 0 unspecified atom stereocenters. The quantitative estimate of drug-likeness (QED) is 0.765. The maximum Gasteiger partial charge on any atom is 0.185 e. The molecule has 0 radical (unpaired) electrons. The Morgan fingerprint density at radius 1 is 1.60 bits per heavy atom. The van der Waals surface area contributed by atoms with Gasteiger partial charge in [-0.25, -0.2) is 4.98 Å². The van der Waals surface area contributed by atoms with Crippen LogP contribution in [0.4, 0.5) is 5.13 Å². The smallest absolute Gasteiger partial charge is 0.185 e. The number of methoxy groups -OCH3 is 1. The molecule has 15 heavy (non-hydrogen) atoms. The van der Waals surface area contributed by atoms with E-state index in [-0.39, 0.29) is 0 Å². The zero-order chi connectivity index (χ0) is 11.1.